The van der Waals surface area contributed by atoms with Crippen LogP contribution in [0.2, 0.25) is 0 Å². The van der Waals surface area contributed by atoms with Crippen molar-refractivity contribution < 1.29 is 9.53 Å². The summed E-state index contributed by atoms with van der Waals surface area (Å²) in [5.74, 6) is 0.975. The van der Waals surface area contributed by atoms with Gasteiger partial charge in [0.15, 0.2) is 5.96 Å². The van der Waals surface area contributed by atoms with Crippen molar-refractivity contribution in [2.75, 3.05) is 27.2 Å². The molecule has 0 aromatic heterocycles. The minimum atomic E-state index is -0.158. The van der Waals surface area contributed by atoms with E-state index < -0.39 is 0 Å². The molecule has 0 saturated carbocycles. The molecule has 1 atom stereocenters. The van der Waals surface area contributed by atoms with Gasteiger partial charge in [-0.05, 0) is 30.4 Å². The van der Waals surface area contributed by atoms with Crippen LogP contribution >= 0.6 is 24.0 Å². The summed E-state index contributed by atoms with van der Waals surface area (Å²) in [6.45, 7) is 1.56. The third-order valence-electron chi connectivity index (χ3n) is 4.66. The van der Waals surface area contributed by atoms with Gasteiger partial charge in [0.05, 0.1) is 7.11 Å². The van der Waals surface area contributed by atoms with E-state index in [1.165, 1.54) is 18.2 Å². The van der Waals surface area contributed by atoms with Crippen LogP contribution in [0.1, 0.15) is 36.3 Å². The predicted octanol–water partition coefficient (Wildman–Crippen LogP) is 4.14. The van der Waals surface area contributed by atoms with Crippen molar-refractivity contribution in [1.29, 1.82) is 0 Å². The van der Waals surface area contributed by atoms with E-state index in [0.29, 0.717) is 12.3 Å². The van der Waals surface area contributed by atoms with Crippen LogP contribution in [0.3, 0.4) is 0 Å². The summed E-state index contributed by atoms with van der Waals surface area (Å²) in [5.41, 5.74) is 2.64. The number of nitrogens with one attached hydrogen (secondary N) is 2. The van der Waals surface area contributed by atoms with Gasteiger partial charge < -0.3 is 15.4 Å². The molecule has 0 heterocycles. The highest BCUT2D eigenvalue weighted by molar-refractivity contribution is 14.0. The highest BCUT2D eigenvalue weighted by Crippen LogP contribution is 2.20. The molecule has 0 aliphatic rings. The zero-order valence-electron chi connectivity index (χ0n) is 17.3. The number of carbonyl (C=O) groups excluding carboxylic acids is 1. The molecule has 5 nitrogen and oxygen atoms in total. The number of hydrogen-bond donors (Lipinski definition) is 2. The quantitative estimate of drug-likeness (QED) is 0.166. The number of halogens is 1. The first-order valence-corrected chi connectivity index (χ1v) is 9.83. The number of hydrogen-bond acceptors (Lipinski definition) is 3. The Bertz CT molecular complexity index is 723. The lowest BCUT2D eigenvalue weighted by Crippen LogP contribution is -2.40. The number of ether oxygens (including phenoxy) is 1. The second-order valence-corrected chi connectivity index (χ2v) is 6.71. The fourth-order valence-corrected chi connectivity index (χ4v) is 3.08. The van der Waals surface area contributed by atoms with Gasteiger partial charge >= 0.3 is 5.97 Å². The first-order valence-electron chi connectivity index (χ1n) is 9.83. The molecular weight excluding hydrogens is 477 g/mol. The smallest absolute Gasteiger partial charge is 0.305 e. The molecule has 0 spiro atoms. The maximum atomic E-state index is 11.1. The molecule has 2 N–H and O–H groups in total. The zero-order chi connectivity index (χ0) is 20.0. The lowest BCUT2D eigenvalue weighted by molar-refractivity contribution is -0.140. The van der Waals surface area contributed by atoms with Crippen LogP contribution in [-0.2, 0) is 16.0 Å². The second kappa shape index (κ2) is 14.8. The number of guanidine groups is 1. The molecule has 2 aromatic rings. The first kappa shape index (κ1) is 24.9. The van der Waals surface area contributed by atoms with Gasteiger partial charge in [0, 0.05) is 32.5 Å². The molecule has 2 aromatic carbocycles. The SMILES string of the molecule is CN=C(NCCCCC(=O)OC)NCC(Cc1ccccc1)c1ccccc1.I. The molecule has 0 aliphatic carbocycles. The van der Waals surface area contributed by atoms with Gasteiger partial charge in [-0.25, -0.2) is 0 Å². The van der Waals surface area contributed by atoms with Crippen molar-refractivity contribution in [2.24, 2.45) is 4.99 Å². The maximum absolute atomic E-state index is 11.1. The third-order valence-corrected chi connectivity index (χ3v) is 4.66. The minimum absolute atomic E-state index is 0. The Kier molecular flexibility index (Phi) is 12.8. The van der Waals surface area contributed by atoms with Gasteiger partial charge in [-0.15, -0.1) is 24.0 Å². The van der Waals surface area contributed by atoms with Crippen LogP contribution in [0.5, 0.6) is 0 Å². The Morgan fingerprint density at radius 2 is 1.66 bits per heavy atom. The molecule has 6 heteroatoms. The number of nitrogens with zero attached hydrogens (tertiary/aromatic N) is 1. The zero-order valence-corrected chi connectivity index (χ0v) is 19.6. The number of carbonyl (C=O) groups is 1. The van der Waals surface area contributed by atoms with E-state index >= 15 is 0 Å². The molecule has 29 heavy (non-hydrogen) atoms. The van der Waals surface area contributed by atoms with Crippen molar-refractivity contribution in [3.63, 3.8) is 0 Å². The predicted molar refractivity (Wildman–Crippen MR) is 130 cm³/mol. The molecule has 0 aliphatic heterocycles. The monoisotopic (exact) mass is 509 g/mol. The lowest BCUT2D eigenvalue weighted by atomic mass is 9.92. The van der Waals surface area contributed by atoms with E-state index in [4.69, 9.17) is 0 Å². The van der Waals surface area contributed by atoms with E-state index in [-0.39, 0.29) is 29.9 Å². The van der Waals surface area contributed by atoms with Gasteiger partial charge in [-0.1, -0.05) is 60.7 Å². The van der Waals surface area contributed by atoms with E-state index in [1.54, 1.807) is 7.05 Å². The summed E-state index contributed by atoms with van der Waals surface area (Å²) in [4.78, 5) is 15.5. The van der Waals surface area contributed by atoms with Crippen LogP contribution in [0, 0.1) is 0 Å². The molecule has 0 radical (unpaired) electrons. The summed E-state index contributed by atoms with van der Waals surface area (Å²) >= 11 is 0. The Labute approximate surface area is 191 Å². The fraction of sp³-hybridized carbons (Fsp3) is 0.391. The largest absolute Gasteiger partial charge is 0.469 e. The Hall–Kier alpha value is -2.09. The minimum Gasteiger partial charge on any atom is -0.469 e. The van der Waals surface area contributed by atoms with Crippen molar-refractivity contribution in [3.8, 4) is 0 Å². The Morgan fingerprint density at radius 3 is 2.28 bits per heavy atom. The van der Waals surface area contributed by atoms with Crippen molar-refractivity contribution >= 4 is 35.9 Å². The third kappa shape index (κ3) is 9.78. The average Bonchev–Trinajstić information content (AvgIpc) is 2.75. The Balaban J connectivity index is 0.00000420. The average molecular weight is 509 g/mol. The van der Waals surface area contributed by atoms with Crippen LogP contribution in [0.25, 0.3) is 0 Å². The second-order valence-electron chi connectivity index (χ2n) is 6.71. The molecule has 0 bridgehead atoms. The van der Waals surface area contributed by atoms with Gasteiger partial charge in [-0.2, -0.15) is 0 Å². The van der Waals surface area contributed by atoms with Crippen LogP contribution in [-0.4, -0.2) is 39.2 Å². The van der Waals surface area contributed by atoms with Crippen LogP contribution in [0.4, 0.5) is 0 Å². The number of esters is 1. The number of aliphatic imine (C=N–C) groups is 1. The topological polar surface area (TPSA) is 62.7 Å². The highest BCUT2D eigenvalue weighted by atomic mass is 127. The number of rotatable bonds is 10. The normalized spacial score (nSPS) is 11.9. The molecular formula is C23H32IN3O2. The van der Waals surface area contributed by atoms with E-state index in [1.807, 2.05) is 12.1 Å². The summed E-state index contributed by atoms with van der Waals surface area (Å²) in [6.07, 6.45) is 3.12. The van der Waals surface area contributed by atoms with Crippen LogP contribution < -0.4 is 10.6 Å². The van der Waals surface area contributed by atoms with Crippen molar-refractivity contribution in [2.45, 2.75) is 31.6 Å². The lowest BCUT2D eigenvalue weighted by Gasteiger charge is -2.20. The molecule has 1 unspecified atom stereocenters. The molecule has 0 fully saturated rings. The Morgan fingerprint density at radius 1 is 1.00 bits per heavy atom. The van der Waals surface area contributed by atoms with Gasteiger partial charge in [0.1, 0.15) is 0 Å². The standard InChI is InChI=1S/C23H31N3O2.HI/c1-24-23(25-16-10-9-15-22(27)28-2)26-18-21(20-13-7-4-8-14-20)17-19-11-5-3-6-12-19;/h3-8,11-14,21H,9-10,15-18H2,1-2H3,(H2,24,25,26);1H. The van der Waals surface area contributed by atoms with Crippen molar-refractivity contribution in [1.82, 2.24) is 10.6 Å². The summed E-state index contributed by atoms with van der Waals surface area (Å²) in [5, 5.41) is 6.76. The molecule has 158 valence electrons. The van der Waals surface area contributed by atoms with Gasteiger partial charge in [0.25, 0.3) is 0 Å². The fourth-order valence-electron chi connectivity index (χ4n) is 3.08. The number of benzene rings is 2. The van der Waals surface area contributed by atoms with Gasteiger partial charge in [-0.3, -0.25) is 9.79 Å². The summed E-state index contributed by atoms with van der Waals surface area (Å²) < 4.78 is 4.66. The number of methoxy groups -OCH3 is 1. The summed E-state index contributed by atoms with van der Waals surface area (Å²) in [6, 6.07) is 21.1. The first-order chi connectivity index (χ1) is 13.7. The van der Waals surface area contributed by atoms with Gasteiger partial charge in [0.2, 0.25) is 0 Å². The molecule has 0 saturated heterocycles. The van der Waals surface area contributed by atoms with E-state index in [9.17, 15) is 4.79 Å². The van der Waals surface area contributed by atoms with Crippen LogP contribution in [0.15, 0.2) is 65.7 Å². The highest BCUT2D eigenvalue weighted by Gasteiger charge is 2.13. The van der Waals surface area contributed by atoms with E-state index in [2.05, 4.69) is 68.9 Å². The van der Waals surface area contributed by atoms with E-state index in [0.717, 1.165) is 38.3 Å². The maximum Gasteiger partial charge on any atom is 0.305 e. The summed E-state index contributed by atoms with van der Waals surface area (Å²) in [7, 11) is 3.20. The van der Waals surface area contributed by atoms with Crippen molar-refractivity contribution in [3.05, 3.63) is 71.8 Å². The molecule has 2 rings (SSSR count). The molecule has 0 amide bonds. The number of unbranched alkanes of at least 4 members (excludes halogenated alkanes) is 1.